The first-order valence-corrected chi connectivity index (χ1v) is 10.5. The molecule has 1 aliphatic rings. The molecule has 2 rings (SSSR count). The second-order valence-corrected chi connectivity index (χ2v) is 8.91. The van der Waals surface area contributed by atoms with E-state index in [1.807, 2.05) is 30.6 Å². The third kappa shape index (κ3) is 6.32. The van der Waals surface area contributed by atoms with Gasteiger partial charge in [-0.05, 0) is 37.0 Å². The second-order valence-electron chi connectivity index (χ2n) is 8.91. The summed E-state index contributed by atoms with van der Waals surface area (Å²) < 4.78 is 13.2. The van der Waals surface area contributed by atoms with Gasteiger partial charge >= 0.3 is 0 Å². The summed E-state index contributed by atoms with van der Waals surface area (Å²) in [6.45, 7) is 10.5. The fourth-order valence-corrected chi connectivity index (χ4v) is 3.69. The average Bonchev–Trinajstić information content (AvgIpc) is 2.67. The van der Waals surface area contributed by atoms with Crippen molar-refractivity contribution in [1.29, 1.82) is 0 Å². The maximum atomic E-state index is 13.2. The molecule has 0 saturated carbocycles. The molecule has 0 bridgehead atoms. The third-order valence-electron chi connectivity index (χ3n) is 5.40. The zero-order chi connectivity index (χ0) is 20.7. The van der Waals surface area contributed by atoms with Gasteiger partial charge in [0.15, 0.2) is 0 Å². The lowest BCUT2D eigenvalue weighted by molar-refractivity contribution is -0.145. The predicted octanol–water partition coefficient (Wildman–Crippen LogP) is 4.63. The summed E-state index contributed by atoms with van der Waals surface area (Å²) in [4.78, 5) is 29.5. The van der Waals surface area contributed by atoms with Crippen molar-refractivity contribution in [2.75, 3.05) is 19.6 Å². The molecule has 5 heteroatoms. The average molecular weight is 391 g/mol. The number of unbranched alkanes of at least 4 members (excludes halogenated alkanes) is 2. The van der Waals surface area contributed by atoms with Gasteiger partial charge in [0, 0.05) is 37.5 Å². The molecule has 0 aromatic heterocycles. The van der Waals surface area contributed by atoms with E-state index in [1.54, 1.807) is 12.1 Å². The SMILES string of the molecule is CCCCCN(Cc1ccc(F)cc1)C(=O)C1CCN(C(=O)C(C)(C)C)CC1. The molecule has 0 aliphatic carbocycles. The topological polar surface area (TPSA) is 40.6 Å². The van der Waals surface area contributed by atoms with Crippen LogP contribution < -0.4 is 0 Å². The molecule has 1 fully saturated rings. The Kier molecular flexibility index (Phi) is 8.02. The Hall–Kier alpha value is -1.91. The van der Waals surface area contributed by atoms with Crippen molar-refractivity contribution in [2.24, 2.45) is 11.3 Å². The van der Waals surface area contributed by atoms with Crippen molar-refractivity contribution in [3.8, 4) is 0 Å². The highest BCUT2D eigenvalue weighted by atomic mass is 19.1. The van der Waals surface area contributed by atoms with Crippen LogP contribution >= 0.6 is 0 Å². The summed E-state index contributed by atoms with van der Waals surface area (Å²) in [5, 5.41) is 0. The van der Waals surface area contributed by atoms with E-state index in [2.05, 4.69) is 6.92 Å². The second kappa shape index (κ2) is 10.0. The van der Waals surface area contributed by atoms with Crippen molar-refractivity contribution in [1.82, 2.24) is 9.80 Å². The van der Waals surface area contributed by atoms with Crippen LogP contribution in [0.25, 0.3) is 0 Å². The van der Waals surface area contributed by atoms with Gasteiger partial charge in [0.25, 0.3) is 0 Å². The highest BCUT2D eigenvalue weighted by Crippen LogP contribution is 2.25. The number of benzene rings is 1. The first-order chi connectivity index (χ1) is 13.2. The monoisotopic (exact) mass is 390 g/mol. The minimum atomic E-state index is -0.383. The van der Waals surface area contributed by atoms with Crippen LogP contribution in [0.4, 0.5) is 4.39 Å². The van der Waals surface area contributed by atoms with Gasteiger partial charge in [-0.15, -0.1) is 0 Å². The number of nitrogens with zero attached hydrogens (tertiary/aromatic N) is 2. The normalized spacial score (nSPS) is 15.5. The zero-order valence-electron chi connectivity index (χ0n) is 17.8. The number of hydrogen-bond donors (Lipinski definition) is 0. The molecule has 1 aromatic carbocycles. The number of likely N-dealkylation sites (tertiary alicyclic amines) is 1. The highest BCUT2D eigenvalue weighted by molar-refractivity contribution is 5.82. The molecule has 0 unspecified atom stereocenters. The molecule has 156 valence electrons. The molecular weight excluding hydrogens is 355 g/mol. The Morgan fingerprint density at radius 3 is 2.25 bits per heavy atom. The standard InChI is InChI=1S/C23H35FN2O2/c1-5-6-7-14-26(17-18-8-10-20(24)11-9-18)21(27)19-12-15-25(16-13-19)22(28)23(2,3)4/h8-11,19H,5-7,12-17H2,1-4H3. The van der Waals surface area contributed by atoms with Crippen LogP contribution in [0.15, 0.2) is 24.3 Å². The minimum Gasteiger partial charge on any atom is -0.342 e. The van der Waals surface area contributed by atoms with Crippen molar-refractivity contribution in [2.45, 2.75) is 66.3 Å². The molecule has 0 spiro atoms. The number of amides is 2. The van der Waals surface area contributed by atoms with E-state index in [0.717, 1.165) is 31.4 Å². The smallest absolute Gasteiger partial charge is 0.227 e. The Morgan fingerprint density at radius 2 is 1.71 bits per heavy atom. The van der Waals surface area contributed by atoms with E-state index in [1.165, 1.54) is 12.1 Å². The lowest BCUT2D eigenvalue weighted by Gasteiger charge is -2.37. The van der Waals surface area contributed by atoms with E-state index in [0.29, 0.717) is 32.5 Å². The predicted molar refractivity (Wildman–Crippen MR) is 110 cm³/mol. The van der Waals surface area contributed by atoms with Crippen LogP contribution in [0, 0.1) is 17.2 Å². The number of halogens is 1. The summed E-state index contributed by atoms with van der Waals surface area (Å²) in [6, 6.07) is 6.39. The van der Waals surface area contributed by atoms with Gasteiger partial charge in [-0.2, -0.15) is 0 Å². The lowest BCUT2D eigenvalue weighted by atomic mass is 9.90. The number of piperidine rings is 1. The molecule has 1 heterocycles. The number of carbonyl (C=O) groups is 2. The quantitative estimate of drug-likeness (QED) is 0.637. The van der Waals surface area contributed by atoms with Crippen LogP contribution in [-0.2, 0) is 16.1 Å². The Balaban J connectivity index is 1.99. The van der Waals surface area contributed by atoms with Crippen molar-refractivity contribution in [3.63, 3.8) is 0 Å². The van der Waals surface area contributed by atoms with Gasteiger partial charge in [0.2, 0.25) is 11.8 Å². The van der Waals surface area contributed by atoms with Gasteiger partial charge in [-0.3, -0.25) is 9.59 Å². The first-order valence-electron chi connectivity index (χ1n) is 10.5. The first kappa shape index (κ1) is 22.4. The molecule has 1 aromatic rings. The minimum absolute atomic E-state index is 0.0360. The molecule has 1 aliphatic heterocycles. The summed E-state index contributed by atoms with van der Waals surface area (Å²) in [6.07, 6.45) is 4.60. The summed E-state index contributed by atoms with van der Waals surface area (Å²) in [5.41, 5.74) is 0.567. The maximum absolute atomic E-state index is 13.2. The zero-order valence-corrected chi connectivity index (χ0v) is 17.8. The molecular formula is C23H35FN2O2. The van der Waals surface area contributed by atoms with E-state index in [4.69, 9.17) is 0 Å². The molecule has 1 saturated heterocycles. The number of rotatable bonds is 7. The highest BCUT2D eigenvalue weighted by Gasteiger charge is 2.33. The van der Waals surface area contributed by atoms with Gasteiger partial charge in [0.05, 0.1) is 0 Å². The van der Waals surface area contributed by atoms with Crippen LogP contribution in [0.2, 0.25) is 0 Å². The Bertz CT molecular complexity index is 644. The summed E-state index contributed by atoms with van der Waals surface area (Å²) in [7, 11) is 0. The largest absolute Gasteiger partial charge is 0.342 e. The third-order valence-corrected chi connectivity index (χ3v) is 5.40. The number of carbonyl (C=O) groups excluding carboxylic acids is 2. The van der Waals surface area contributed by atoms with Crippen molar-refractivity contribution < 1.29 is 14.0 Å². The lowest BCUT2D eigenvalue weighted by Crippen LogP contribution is -2.47. The molecule has 2 amide bonds. The van der Waals surface area contributed by atoms with Crippen LogP contribution in [0.1, 0.15) is 65.4 Å². The summed E-state index contributed by atoms with van der Waals surface area (Å²) in [5.74, 6) is 0.0300. The number of hydrogen-bond acceptors (Lipinski definition) is 2. The molecule has 0 N–H and O–H groups in total. The van der Waals surface area contributed by atoms with E-state index >= 15 is 0 Å². The van der Waals surface area contributed by atoms with Crippen LogP contribution in [0.3, 0.4) is 0 Å². The molecule has 4 nitrogen and oxygen atoms in total. The van der Waals surface area contributed by atoms with E-state index in [9.17, 15) is 14.0 Å². The van der Waals surface area contributed by atoms with Gasteiger partial charge in [-0.1, -0.05) is 52.7 Å². The molecule has 0 atom stereocenters. The van der Waals surface area contributed by atoms with Gasteiger partial charge in [-0.25, -0.2) is 4.39 Å². The molecule has 28 heavy (non-hydrogen) atoms. The summed E-state index contributed by atoms with van der Waals surface area (Å²) >= 11 is 0. The van der Waals surface area contributed by atoms with Gasteiger partial charge < -0.3 is 9.80 Å². The fraction of sp³-hybridized carbons (Fsp3) is 0.652. The van der Waals surface area contributed by atoms with Crippen molar-refractivity contribution >= 4 is 11.8 Å². The van der Waals surface area contributed by atoms with E-state index < -0.39 is 0 Å². The van der Waals surface area contributed by atoms with Crippen molar-refractivity contribution in [3.05, 3.63) is 35.6 Å². The Labute approximate surface area is 169 Å². The Morgan fingerprint density at radius 1 is 1.11 bits per heavy atom. The maximum Gasteiger partial charge on any atom is 0.227 e. The van der Waals surface area contributed by atoms with Crippen LogP contribution in [-0.4, -0.2) is 41.2 Å². The van der Waals surface area contributed by atoms with E-state index in [-0.39, 0.29) is 29.0 Å². The fourth-order valence-electron chi connectivity index (χ4n) is 3.69. The molecule has 0 radical (unpaired) electrons. The van der Waals surface area contributed by atoms with Gasteiger partial charge in [0.1, 0.15) is 5.82 Å². The van der Waals surface area contributed by atoms with Crippen LogP contribution in [0.5, 0.6) is 0 Å².